The number of rotatable bonds is 3. The number of thiocarbonyl (C=S) groups is 1. The fraction of sp³-hybridized carbons (Fsp3) is 0.125. The van der Waals surface area contributed by atoms with Gasteiger partial charge < -0.3 is 14.8 Å². The zero-order valence-corrected chi connectivity index (χ0v) is 13.9. The van der Waals surface area contributed by atoms with Crippen molar-refractivity contribution >= 4 is 34.6 Å². The third kappa shape index (κ3) is 3.66. The molecule has 1 aliphatic rings. The van der Waals surface area contributed by atoms with Gasteiger partial charge in [0.15, 0.2) is 16.6 Å². The number of benzene rings is 2. The second kappa shape index (κ2) is 6.73. The maximum atomic E-state index is 12.3. The van der Waals surface area contributed by atoms with Gasteiger partial charge in [0.05, 0.1) is 4.92 Å². The Morgan fingerprint density at radius 1 is 1.20 bits per heavy atom. The molecule has 0 aromatic heterocycles. The standard InChI is InChI=1S/C16H13N3O5S/c1-9-2-4-11(19(21)22)7-12(9)17-16(25)18-15(20)10-3-5-13-14(6-10)24-8-23-13/h2-7H,8H2,1H3,(H2,17,18,20,25). The number of carbonyl (C=O) groups excluding carboxylic acids is 1. The summed E-state index contributed by atoms with van der Waals surface area (Å²) >= 11 is 5.11. The normalized spacial score (nSPS) is 11.7. The van der Waals surface area contributed by atoms with E-state index in [-0.39, 0.29) is 17.6 Å². The largest absolute Gasteiger partial charge is 0.454 e. The molecule has 1 heterocycles. The molecular weight excluding hydrogens is 346 g/mol. The average Bonchev–Trinajstić information content (AvgIpc) is 3.04. The highest BCUT2D eigenvalue weighted by Crippen LogP contribution is 2.32. The van der Waals surface area contributed by atoms with E-state index in [4.69, 9.17) is 21.7 Å². The van der Waals surface area contributed by atoms with Crippen LogP contribution in [0.2, 0.25) is 0 Å². The Kier molecular flexibility index (Phi) is 4.48. The first-order valence-electron chi connectivity index (χ1n) is 7.21. The van der Waals surface area contributed by atoms with Crippen molar-refractivity contribution in [1.29, 1.82) is 0 Å². The predicted molar refractivity (Wildman–Crippen MR) is 94.1 cm³/mol. The van der Waals surface area contributed by atoms with Gasteiger partial charge in [-0.3, -0.25) is 20.2 Å². The third-order valence-electron chi connectivity index (χ3n) is 3.54. The number of anilines is 1. The van der Waals surface area contributed by atoms with Gasteiger partial charge in [-0.05, 0) is 42.9 Å². The van der Waals surface area contributed by atoms with Gasteiger partial charge in [0.25, 0.3) is 11.6 Å². The summed E-state index contributed by atoms with van der Waals surface area (Å²) in [6.45, 7) is 1.89. The summed E-state index contributed by atoms with van der Waals surface area (Å²) in [5.74, 6) is 0.629. The van der Waals surface area contributed by atoms with Crippen LogP contribution in [0.15, 0.2) is 36.4 Å². The number of hydrogen-bond acceptors (Lipinski definition) is 6. The lowest BCUT2D eigenvalue weighted by Crippen LogP contribution is -2.34. The fourth-order valence-electron chi connectivity index (χ4n) is 2.22. The summed E-state index contributed by atoms with van der Waals surface area (Å²) in [5, 5.41) is 16.2. The van der Waals surface area contributed by atoms with Crippen LogP contribution in [0.3, 0.4) is 0 Å². The van der Waals surface area contributed by atoms with Gasteiger partial charge >= 0.3 is 0 Å². The van der Waals surface area contributed by atoms with E-state index < -0.39 is 10.8 Å². The molecule has 0 bridgehead atoms. The first kappa shape index (κ1) is 16.7. The number of nitrogens with zero attached hydrogens (tertiary/aromatic N) is 1. The molecular formula is C16H13N3O5S. The maximum Gasteiger partial charge on any atom is 0.271 e. The zero-order chi connectivity index (χ0) is 18.0. The van der Waals surface area contributed by atoms with E-state index in [1.165, 1.54) is 12.1 Å². The van der Waals surface area contributed by atoms with E-state index in [2.05, 4.69) is 10.6 Å². The number of nitro groups is 1. The fourth-order valence-corrected chi connectivity index (χ4v) is 2.43. The second-order valence-corrected chi connectivity index (χ2v) is 5.64. The molecule has 25 heavy (non-hydrogen) atoms. The maximum absolute atomic E-state index is 12.3. The van der Waals surface area contributed by atoms with Crippen LogP contribution in [0.5, 0.6) is 11.5 Å². The summed E-state index contributed by atoms with van der Waals surface area (Å²) in [6.07, 6.45) is 0. The van der Waals surface area contributed by atoms with E-state index >= 15 is 0 Å². The summed E-state index contributed by atoms with van der Waals surface area (Å²) in [7, 11) is 0. The highest BCUT2D eigenvalue weighted by atomic mass is 32.1. The Bertz CT molecular complexity index is 884. The number of non-ortho nitro benzene ring substituents is 1. The minimum absolute atomic E-state index is 0.0336. The Labute approximate surface area is 147 Å². The Morgan fingerprint density at radius 3 is 2.72 bits per heavy atom. The molecule has 1 amide bonds. The molecule has 0 saturated heterocycles. The number of carbonyl (C=O) groups is 1. The first-order chi connectivity index (χ1) is 11.9. The molecule has 0 unspecified atom stereocenters. The zero-order valence-electron chi connectivity index (χ0n) is 13.1. The third-order valence-corrected chi connectivity index (χ3v) is 3.75. The van der Waals surface area contributed by atoms with E-state index in [1.807, 2.05) is 0 Å². The molecule has 3 rings (SSSR count). The molecule has 8 nitrogen and oxygen atoms in total. The smallest absolute Gasteiger partial charge is 0.271 e. The van der Waals surface area contributed by atoms with E-state index in [9.17, 15) is 14.9 Å². The van der Waals surface area contributed by atoms with E-state index in [0.29, 0.717) is 22.7 Å². The van der Waals surface area contributed by atoms with Gasteiger partial charge in [0, 0.05) is 23.4 Å². The number of aryl methyl sites for hydroxylation is 1. The Morgan fingerprint density at radius 2 is 1.96 bits per heavy atom. The van der Waals surface area contributed by atoms with Gasteiger partial charge in [-0.15, -0.1) is 0 Å². The molecule has 2 N–H and O–H groups in total. The van der Waals surface area contributed by atoms with Crippen molar-refractivity contribution in [3.05, 3.63) is 57.6 Å². The molecule has 0 fully saturated rings. The van der Waals surface area contributed by atoms with Crippen LogP contribution >= 0.6 is 12.2 Å². The summed E-state index contributed by atoms with van der Waals surface area (Å²) < 4.78 is 10.4. The van der Waals surface area contributed by atoms with Gasteiger partial charge in [0.1, 0.15) is 0 Å². The van der Waals surface area contributed by atoms with Crippen LogP contribution in [0.25, 0.3) is 0 Å². The molecule has 0 saturated carbocycles. The molecule has 128 valence electrons. The highest BCUT2D eigenvalue weighted by molar-refractivity contribution is 7.80. The molecule has 0 radical (unpaired) electrons. The number of nitro benzene ring substituents is 1. The number of ether oxygens (including phenoxy) is 2. The van der Waals surface area contributed by atoms with Crippen LogP contribution in [0.4, 0.5) is 11.4 Å². The number of nitrogens with one attached hydrogen (secondary N) is 2. The van der Waals surface area contributed by atoms with E-state index in [0.717, 1.165) is 5.56 Å². The summed E-state index contributed by atoms with van der Waals surface area (Å²) in [6, 6.07) is 9.13. The van der Waals surface area contributed by atoms with Crippen molar-refractivity contribution in [1.82, 2.24) is 5.32 Å². The van der Waals surface area contributed by atoms with Crippen molar-refractivity contribution in [2.75, 3.05) is 12.1 Å². The Hall–Kier alpha value is -3.20. The lowest BCUT2D eigenvalue weighted by molar-refractivity contribution is -0.384. The van der Waals surface area contributed by atoms with Gasteiger partial charge in [-0.1, -0.05) is 6.07 Å². The first-order valence-corrected chi connectivity index (χ1v) is 7.62. The monoisotopic (exact) mass is 359 g/mol. The van der Waals surface area contributed by atoms with Crippen LogP contribution in [0, 0.1) is 17.0 Å². The average molecular weight is 359 g/mol. The SMILES string of the molecule is Cc1ccc([N+](=O)[O-])cc1NC(=S)NC(=O)c1ccc2c(c1)OCO2. The topological polar surface area (TPSA) is 103 Å². The molecule has 2 aromatic rings. The molecule has 0 spiro atoms. The van der Waals surface area contributed by atoms with Crippen molar-refractivity contribution < 1.29 is 19.2 Å². The molecule has 9 heteroatoms. The highest BCUT2D eigenvalue weighted by Gasteiger charge is 2.17. The van der Waals surface area contributed by atoms with Crippen molar-refractivity contribution in [3.8, 4) is 11.5 Å². The lowest BCUT2D eigenvalue weighted by atomic mass is 10.2. The summed E-state index contributed by atoms with van der Waals surface area (Å²) in [4.78, 5) is 22.6. The van der Waals surface area contributed by atoms with Gasteiger partial charge in [-0.2, -0.15) is 0 Å². The lowest BCUT2D eigenvalue weighted by Gasteiger charge is -2.11. The number of fused-ring (bicyclic) bond motifs is 1. The Balaban J connectivity index is 1.69. The van der Waals surface area contributed by atoms with Gasteiger partial charge in [-0.25, -0.2) is 0 Å². The van der Waals surface area contributed by atoms with Crippen LogP contribution in [0.1, 0.15) is 15.9 Å². The van der Waals surface area contributed by atoms with E-state index in [1.54, 1.807) is 31.2 Å². The summed E-state index contributed by atoms with van der Waals surface area (Å²) in [5.41, 5.74) is 1.48. The molecule has 0 aliphatic carbocycles. The minimum Gasteiger partial charge on any atom is -0.454 e. The second-order valence-electron chi connectivity index (χ2n) is 5.23. The predicted octanol–water partition coefficient (Wildman–Crippen LogP) is 2.76. The molecule has 1 aliphatic heterocycles. The van der Waals surface area contributed by atoms with Crippen molar-refractivity contribution in [2.24, 2.45) is 0 Å². The van der Waals surface area contributed by atoms with Crippen molar-refractivity contribution in [3.63, 3.8) is 0 Å². The molecule has 0 atom stereocenters. The number of amides is 1. The molecule has 2 aromatic carbocycles. The minimum atomic E-state index is -0.501. The quantitative estimate of drug-likeness (QED) is 0.493. The van der Waals surface area contributed by atoms with Crippen LogP contribution < -0.4 is 20.1 Å². The number of hydrogen-bond donors (Lipinski definition) is 2. The van der Waals surface area contributed by atoms with Crippen LogP contribution in [-0.4, -0.2) is 22.7 Å². The van der Waals surface area contributed by atoms with Gasteiger partial charge in [0.2, 0.25) is 6.79 Å². The van der Waals surface area contributed by atoms with Crippen LogP contribution in [-0.2, 0) is 0 Å². The van der Waals surface area contributed by atoms with Crippen molar-refractivity contribution in [2.45, 2.75) is 6.92 Å².